The van der Waals surface area contributed by atoms with Crippen LogP contribution in [0.1, 0.15) is 29.7 Å². The Kier molecular flexibility index (Phi) is 5.46. The molecular weight excluding hydrogens is 369 g/mol. The summed E-state index contributed by atoms with van der Waals surface area (Å²) in [6.07, 6.45) is 0.898. The summed E-state index contributed by atoms with van der Waals surface area (Å²) in [5.41, 5.74) is 0. The number of furan rings is 1. The van der Waals surface area contributed by atoms with Crippen molar-refractivity contribution in [3.05, 3.63) is 51.5 Å². The smallest absolute Gasteiger partial charge is 0.286 e. The molecule has 2 rings (SSSR count). The predicted octanol–water partition coefficient (Wildman–Crippen LogP) is 3.60. The largest absolute Gasteiger partial charge is 0.486 e. The van der Waals surface area contributed by atoms with Crippen LogP contribution < -0.4 is 10.1 Å². The molecular formula is C15H16INO3. The molecule has 0 bridgehead atoms. The molecule has 4 nitrogen and oxygen atoms in total. The van der Waals surface area contributed by atoms with E-state index in [-0.39, 0.29) is 5.91 Å². The zero-order valence-corrected chi connectivity index (χ0v) is 13.3. The van der Waals surface area contributed by atoms with Crippen molar-refractivity contribution in [3.63, 3.8) is 0 Å². The van der Waals surface area contributed by atoms with Gasteiger partial charge in [-0.05, 0) is 65.4 Å². The highest BCUT2D eigenvalue weighted by Crippen LogP contribution is 2.16. The van der Waals surface area contributed by atoms with Gasteiger partial charge in [-0.25, -0.2) is 0 Å². The second-order valence-corrected chi connectivity index (χ2v) is 5.51. The van der Waals surface area contributed by atoms with Gasteiger partial charge in [-0.2, -0.15) is 0 Å². The molecule has 0 spiro atoms. The van der Waals surface area contributed by atoms with Gasteiger partial charge in [-0.15, -0.1) is 0 Å². The number of amides is 1. The van der Waals surface area contributed by atoms with Crippen LogP contribution in [0.3, 0.4) is 0 Å². The fourth-order valence-electron chi connectivity index (χ4n) is 1.59. The van der Waals surface area contributed by atoms with Crippen LogP contribution in [0, 0.1) is 3.57 Å². The lowest BCUT2D eigenvalue weighted by Crippen LogP contribution is -2.23. The summed E-state index contributed by atoms with van der Waals surface area (Å²) in [4.78, 5) is 11.7. The van der Waals surface area contributed by atoms with E-state index in [0.717, 1.165) is 15.7 Å². The summed E-state index contributed by atoms with van der Waals surface area (Å²) >= 11 is 2.24. The number of halogens is 1. The van der Waals surface area contributed by atoms with Gasteiger partial charge in [0.2, 0.25) is 0 Å². The Morgan fingerprint density at radius 3 is 2.70 bits per heavy atom. The van der Waals surface area contributed by atoms with Crippen LogP contribution in [0.15, 0.2) is 40.8 Å². The van der Waals surface area contributed by atoms with Gasteiger partial charge >= 0.3 is 0 Å². The third-order valence-corrected chi connectivity index (χ3v) is 3.33. The molecule has 0 aliphatic rings. The van der Waals surface area contributed by atoms with Crippen molar-refractivity contribution in [1.29, 1.82) is 0 Å². The highest BCUT2D eigenvalue weighted by atomic mass is 127. The van der Waals surface area contributed by atoms with Crippen LogP contribution in [0.25, 0.3) is 0 Å². The molecule has 1 heterocycles. The number of hydrogen-bond acceptors (Lipinski definition) is 3. The molecule has 0 saturated heterocycles. The highest BCUT2D eigenvalue weighted by Gasteiger charge is 2.10. The maximum absolute atomic E-state index is 11.7. The number of benzene rings is 1. The summed E-state index contributed by atoms with van der Waals surface area (Å²) in [5.74, 6) is 1.54. The molecule has 0 unspecified atom stereocenters. The van der Waals surface area contributed by atoms with E-state index in [9.17, 15) is 4.79 Å². The van der Waals surface area contributed by atoms with Gasteiger partial charge in [0.25, 0.3) is 5.91 Å². The third kappa shape index (κ3) is 4.26. The van der Waals surface area contributed by atoms with Crippen LogP contribution in [-0.4, -0.2) is 12.5 Å². The fourth-order valence-corrected chi connectivity index (χ4v) is 1.95. The molecule has 1 aromatic heterocycles. The summed E-state index contributed by atoms with van der Waals surface area (Å²) in [7, 11) is 0. The predicted molar refractivity (Wildman–Crippen MR) is 84.8 cm³/mol. The Morgan fingerprint density at radius 2 is 2.00 bits per heavy atom. The fraction of sp³-hybridized carbons (Fsp3) is 0.267. The maximum atomic E-state index is 11.7. The topological polar surface area (TPSA) is 51.5 Å². The lowest BCUT2D eigenvalue weighted by molar-refractivity contribution is 0.0922. The van der Waals surface area contributed by atoms with Gasteiger partial charge in [0.05, 0.1) is 0 Å². The molecule has 1 N–H and O–H groups in total. The minimum atomic E-state index is -0.188. The van der Waals surface area contributed by atoms with E-state index in [4.69, 9.17) is 9.15 Å². The van der Waals surface area contributed by atoms with E-state index in [1.165, 1.54) is 0 Å². The number of ether oxygens (including phenoxy) is 1. The van der Waals surface area contributed by atoms with Crippen molar-refractivity contribution in [2.75, 3.05) is 6.54 Å². The van der Waals surface area contributed by atoms with E-state index >= 15 is 0 Å². The SMILES string of the molecule is CCCNC(=O)c1ccc(COc2ccc(I)cc2)o1. The van der Waals surface area contributed by atoms with Crippen LogP contribution in [0.4, 0.5) is 0 Å². The van der Waals surface area contributed by atoms with Crippen LogP contribution >= 0.6 is 22.6 Å². The van der Waals surface area contributed by atoms with Gasteiger partial charge in [0.1, 0.15) is 18.1 Å². The minimum Gasteiger partial charge on any atom is -0.486 e. The molecule has 1 amide bonds. The molecule has 0 aliphatic carbocycles. The van der Waals surface area contributed by atoms with Gasteiger partial charge in [-0.1, -0.05) is 6.92 Å². The first-order chi connectivity index (χ1) is 9.69. The average molecular weight is 385 g/mol. The zero-order chi connectivity index (χ0) is 14.4. The first-order valence-electron chi connectivity index (χ1n) is 6.44. The Morgan fingerprint density at radius 1 is 1.25 bits per heavy atom. The van der Waals surface area contributed by atoms with Crippen molar-refractivity contribution >= 4 is 28.5 Å². The summed E-state index contributed by atoms with van der Waals surface area (Å²) in [5, 5.41) is 2.77. The minimum absolute atomic E-state index is 0.188. The molecule has 0 atom stereocenters. The first-order valence-corrected chi connectivity index (χ1v) is 7.52. The van der Waals surface area contributed by atoms with Gasteiger partial charge in [0.15, 0.2) is 5.76 Å². The lowest BCUT2D eigenvalue weighted by Gasteiger charge is -2.04. The number of rotatable bonds is 6. The lowest BCUT2D eigenvalue weighted by atomic mass is 10.3. The van der Waals surface area contributed by atoms with E-state index in [2.05, 4.69) is 27.9 Å². The highest BCUT2D eigenvalue weighted by molar-refractivity contribution is 14.1. The summed E-state index contributed by atoms with van der Waals surface area (Å²) < 4.78 is 12.2. The van der Waals surface area contributed by atoms with E-state index in [1.54, 1.807) is 12.1 Å². The number of nitrogens with one attached hydrogen (secondary N) is 1. The number of carbonyl (C=O) groups is 1. The Hall–Kier alpha value is -1.50. The second-order valence-electron chi connectivity index (χ2n) is 4.26. The Bertz CT molecular complexity index is 563. The molecule has 20 heavy (non-hydrogen) atoms. The number of carbonyl (C=O) groups excluding carboxylic acids is 1. The molecule has 0 aliphatic heterocycles. The normalized spacial score (nSPS) is 10.3. The van der Waals surface area contributed by atoms with Crippen LogP contribution in [0.5, 0.6) is 5.75 Å². The molecule has 0 fully saturated rings. The summed E-state index contributed by atoms with van der Waals surface area (Å²) in [6.45, 7) is 2.96. The van der Waals surface area contributed by atoms with E-state index in [1.807, 2.05) is 31.2 Å². The molecule has 2 aromatic rings. The van der Waals surface area contributed by atoms with Crippen LogP contribution in [-0.2, 0) is 6.61 Å². The molecule has 0 saturated carbocycles. The maximum Gasteiger partial charge on any atom is 0.286 e. The standard InChI is InChI=1S/C15H16INO3/c1-2-9-17-15(18)14-8-7-13(20-14)10-19-12-5-3-11(16)4-6-12/h3-8H,2,9-10H2,1H3,(H,17,18). The van der Waals surface area contributed by atoms with Crippen molar-refractivity contribution in [2.45, 2.75) is 20.0 Å². The van der Waals surface area contributed by atoms with Gasteiger partial charge < -0.3 is 14.5 Å². The van der Waals surface area contributed by atoms with Gasteiger partial charge in [0, 0.05) is 10.1 Å². The quantitative estimate of drug-likeness (QED) is 0.774. The monoisotopic (exact) mass is 385 g/mol. The van der Waals surface area contributed by atoms with Gasteiger partial charge in [-0.3, -0.25) is 4.79 Å². The average Bonchev–Trinajstić information content (AvgIpc) is 2.93. The molecule has 0 radical (unpaired) electrons. The van der Waals surface area contributed by atoms with Crippen LogP contribution in [0.2, 0.25) is 0 Å². The third-order valence-electron chi connectivity index (χ3n) is 2.62. The van der Waals surface area contributed by atoms with Crippen molar-refractivity contribution in [1.82, 2.24) is 5.32 Å². The summed E-state index contributed by atoms with van der Waals surface area (Å²) in [6, 6.07) is 11.2. The molecule has 106 valence electrons. The first kappa shape index (κ1) is 14.9. The molecule has 5 heteroatoms. The van der Waals surface area contributed by atoms with Crippen molar-refractivity contribution in [2.24, 2.45) is 0 Å². The van der Waals surface area contributed by atoms with E-state index in [0.29, 0.717) is 24.7 Å². The Balaban J connectivity index is 1.89. The van der Waals surface area contributed by atoms with Crippen molar-refractivity contribution in [3.8, 4) is 5.75 Å². The van der Waals surface area contributed by atoms with E-state index < -0.39 is 0 Å². The number of hydrogen-bond donors (Lipinski definition) is 1. The zero-order valence-electron chi connectivity index (χ0n) is 11.2. The second kappa shape index (κ2) is 7.33. The Labute approximate surface area is 131 Å². The molecule has 1 aromatic carbocycles. The van der Waals surface area contributed by atoms with Crippen molar-refractivity contribution < 1.29 is 13.9 Å².